The van der Waals surface area contributed by atoms with Crippen molar-refractivity contribution in [1.29, 1.82) is 0 Å². The number of methoxy groups -OCH3 is 1. The van der Waals surface area contributed by atoms with Crippen LogP contribution in [0.1, 0.15) is 0 Å². The molecule has 0 amide bonds. The number of aromatic nitrogens is 2. The summed E-state index contributed by atoms with van der Waals surface area (Å²) in [5.41, 5.74) is 6.11. The number of nitrogens with one attached hydrogen (secondary N) is 1. The summed E-state index contributed by atoms with van der Waals surface area (Å²) in [4.78, 5) is 7.88. The molecule has 5 nitrogen and oxygen atoms in total. The molecule has 0 saturated heterocycles. The molecule has 1 heterocycles. The summed E-state index contributed by atoms with van der Waals surface area (Å²) in [7, 11) is 1.48. The first-order valence-electron chi connectivity index (χ1n) is 5.09. The Kier molecular flexibility index (Phi) is 4.19. The lowest BCUT2D eigenvalue weighted by molar-refractivity contribution is 0.398. The van der Waals surface area contributed by atoms with E-state index < -0.39 is 0 Å². The van der Waals surface area contributed by atoms with E-state index in [1.807, 2.05) is 0 Å². The minimum Gasteiger partial charge on any atom is -0.481 e. The Bertz CT molecular complexity index is 621. The largest absolute Gasteiger partial charge is 0.481 e. The summed E-state index contributed by atoms with van der Waals surface area (Å²) in [5.74, 6) is 0.855. The van der Waals surface area contributed by atoms with Crippen LogP contribution in [0.3, 0.4) is 0 Å². The fourth-order valence-electron chi connectivity index (χ4n) is 1.37. The average molecular weight is 320 g/mol. The quantitative estimate of drug-likeness (QED) is 0.842. The van der Waals surface area contributed by atoms with Gasteiger partial charge in [0, 0.05) is 6.07 Å². The molecule has 0 aliphatic heterocycles. The van der Waals surface area contributed by atoms with E-state index in [1.165, 1.54) is 13.2 Å². The molecule has 8 heteroatoms. The maximum Gasteiger partial charge on any atom is 0.225 e. The molecule has 0 aliphatic rings. The van der Waals surface area contributed by atoms with E-state index in [2.05, 4.69) is 15.3 Å². The van der Waals surface area contributed by atoms with Gasteiger partial charge in [-0.25, -0.2) is 0 Å². The van der Waals surface area contributed by atoms with Gasteiger partial charge in [0.1, 0.15) is 5.82 Å². The number of rotatable bonds is 3. The SMILES string of the molecule is COc1cc(Nc2cc(Cl)c(Cl)cc2Cl)nc(N)n1. The maximum absolute atomic E-state index is 6.05. The van der Waals surface area contributed by atoms with Crippen molar-refractivity contribution in [1.82, 2.24) is 9.97 Å². The van der Waals surface area contributed by atoms with Crippen molar-refractivity contribution in [2.75, 3.05) is 18.2 Å². The van der Waals surface area contributed by atoms with Crippen LogP contribution in [0, 0.1) is 0 Å². The van der Waals surface area contributed by atoms with Crippen LogP contribution in [0.15, 0.2) is 18.2 Å². The zero-order valence-electron chi connectivity index (χ0n) is 9.75. The topological polar surface area (TPSA) is 73.1 Å². The van der Waals surface area contributed by atoms with E-state index in [9.17, 15) is 0 Å². The number of nitrogens with zero attached hydrogens (tertiary/aromatic N) is 2. The molecule has 0 bridgehead atoms. The highest BCUT2D eigenvalue weighted by Gasteiger charge is 2.08. The molecule has 0 atom stereocenters. The first kappa shape index (κ1) is 14.0. The van der Waals surface area contributed by atoms with Crippen molar-refractivity contribution >= 4 is 52.3 Å². The first-order valence-corrected chi connectivity index (χ1v) is 6.23. The number of ether oxygens (including phenoxy) is 1. The highest BCUT2D eigenvalue weighted by Crippen LogP contribution is 2.33. The van der Waals surface area contributed by atoms with Crippen LogP contribution < -0.4 is 15.8 Å². The predicted octanol–water partition coefficient (Wildman–Crippen LogP) is 3.77. The molecule has 1 aromatic carbocycles. The Morgan fingerprint density at radius 3 is 2.42 bits per heavy atom. The molecule has 2 rings (SSSR count). The number of benzene rings is 1. The number of halogens is 3. The third kappa shape index (κ3) is 3.32. The summed E-state index contributed by atoms with van der Waals surface area (Å²) in [6.07, 6.45) is 0. The molecule has 0 fully saturated rings. The molecule has 0 aliphatic carbocycles. The summed E-state index contributed by atoms with van der Waals surface area (Å²) in [5, 5.41) is 4.13. The summed E-state index contributed by atoms with van der Waals surface area (Å²) in [6, 6.07) is 4.71. The maximum atomic E-state index is 6.05. The van der Waals surface area contributed by atoms with Gasteiger partial charge in [-0.1, -0.05) is 34.8 Å². The minimum atomic E-state index is 0.0815. The van der Waals surface area contributed by atoms with Crippen LogP contribution in [0.5, 0.6) is 5.88 Å². The van der Waals surface area contributed by atoms with Crippen molar-refractivity contribution < 1.29 is 4.74 Å². The number of nitrogens with two attached hydrogens (primary N) is 1. The van der Waals surface area contributed by atoms with Crippen LogP contribution in [0.2, 0.25) is 15.1 Å². The molecular formula is C11H9Cl3N4O. The molecule has 0 saturated carbocycles. The van der Waals surface area contributed by atoms with Gasteiger partial charge in [0.15, 0.2) is 0 Å². The van der Waals surface area contributed by atoms with E-state index in [4.69, 9.17) is 45.3 Å². The van der Waals surface area contributed by atoms with Gasteiger partial charge in [-0.05, 0) is 12.1 Å². The average Bonchev–Trinajstić information content (AvgIpc) is 2.35. The zero-order chi connectivity index (χ0) is 14.0. The van der Waals surface area contributed by atoms with Crippen LogP contribution in [0.25, 0.3) is 0 Å². The third-order valence-electron chi connectivity index (χ3n) is 2.20. The highest BCUT2D eigenvalue weighted by molar-refractivity contribution is 6.44. The van der Waals surface area contributed by atoms with Gasteiger partial charge >= 0.3 is 0 Å². The number of anilines is 3. The van der Waals surface area contributed by atoms with Crippen LogP contribution >= 0.6 is 34.8 Å². The van der Waals surface area contributed by atoms with Crippen molar-refractivity contribution in [3.63, 3.8) is 0 Å². The van der Waals surface area contributed by atoms with Crippen LogP contribution in [0.4, 0.5) is 17.5 Å². The van der Waals surface area contributed by atoms with E-state index in [-0.39, 0.29) is 5.95 Å². The van der Waals surface area contributed by atoms with Gasteiger partial charge in [-0.15, -0.1) is 0 Å². The van der Waals surface area contributed by atoms with E-state index in [0.29, 0.717) is 32.5 Å². The molecule has 3 N–H and O–H groups in total. The molecule has 100 valence electrons. The summed E-state index contributed by atoms with van der Waals surface area (Å²) >= 11 is 17.8. The molecule has 2 aromatic rings. The van der Waals surface area contributed by atoms with Gasteiger partial charge in [-0.3, -0.25) is 0 Å². The second kappa shape index (κ2) is 5.69. The summed E-state index contributed by atoms with van der Waals surface area (Å²) < 4.78 is 5.00. The normalized spacial score (nSPS) is 10.3. The minimum absolute atomic E-state index is 0.0815. The van der Waals surface area contributed by atoms with E-state index >= 15 is 0 Å². The van der Waals surface area contributed by atoms with Gasteiger partial charge in [-0.2, -0.15) is 9.97 Å². The second-order valence-corrected chi connectivity index (χ2v) is 4.75. The standard InChI is InChI=1S/C11H9Cl3N4O/c1-19-10-4-9(17-11(15)18-10)16-8-3-6(13)5(12)2-7(8)14/h2-4H,1H3,(H3,15,16,17,18). The molecule has 19 heavy (non-hydrogen) atoms. The van der Waals surface area contributed by atoms with Gasteiger partial charge < -0.3 is 15.8 Å². The zero-order valence-corrected chi connectivity index (χ0v) is 12.0. The Morgan fingerprint density at radius 1 is 1.05 bits per heavy atom. The number of nitrogen functional groups attached to an aromatic ring is 1. The van der Waals surface area contributed by atoms with Crippen molar-refractivity contribution in [3.8, 4) is 5.88 Å². The number of hydrogen-bond donors (Lipinski definition) is 2. The lowest BCUT2D eigenvalue weighted by Gasteiger charge is -2.10. The second-order valence-electron chi connectivity index (χ2n) is 3.52. The van der Waals surface area contributed by atoms with Crippen LogP contribution in [-0.4, -0.2) is 17.1 Å². The van der Waals surface area contributed by atoms with Crippen LogP contribution in [-0.2, 0) is 0 Å². The Morgan fingerprint density at radius 2 is 1.74 bits per heavy atom. The smallest absolute Gasteiger partial charge is 0.225 e. The molecule has 0 spiro atoms. The Labute approximate surface area is 124 Å². The number of hydrogen-bond acceptors (Lipinski definition) is 5. The third-order valence-corrected chi connectivity index (χ3v) is 3.24. The predicted molar refractivity (Wildman–Crippen MR) is 77.8 cm³/mol. The lowest BCUT2D eigenvalue weighted by Crippen LogP contribution is -2.02. The molecule has 0 unspecified atom stereocenters. The lowest BCUT2D eigenvalue weighted by atomic mass is 10.3. The molecular weight excluding hydrogens is 311 g/mol. The fourth-order valence-corrected chi connectivity index (χ4v) is 1.96. The van der Waals surface area contributed by atoms with Gasteiger partial charge in [0.2, 0.25) is 11.8 Å². The molecule has 1 aromatic heterocycles. The van der Waals surface area contributed by atoms with Gasteiger partial charge in [0.25, 0.3) is 0 Å². The fraction of sp³-hybridized carbons (Fsp3) is 0.0909. The summed E-state index contributed by atoms with van der Waals surface area (Å²) in [6.45, 7) is 0. The first-order chi connectivity index (χ1) is 8.99. The van der Waals surface area contributed by atoms with Crippen molar-refractivity contribution in [2.24, 2.45) is 0 Å². The highest BCUT2D eigenvalue weighted by atomic mass is 35.5. The molecule has 0 radical (unpaired) electrons. The van der Waals surface area contributed by atoms with E-state index in [0.717, 1.165) is 0 Å². The van der Waals surface area contributed by atoms with Crippen molar-refractivity contribution in [3.05, 3.63) is 33.3 Å². The van der Waals surface area contributed by atoms with Gasteiger partial charge in [0.05, 0.1) is 27.9 Å². The van der Waals surface area contributed by atoms with Crippen molar-refractivity contribution in [2.45, 2.75) is 0 Å². The monoisotopic (exact) mass is 318 g/mol. The van der Waals surface area contributed by atoms with E-state index in [1.54, 1.807) is 12.1 Å². The Balaban J connectivity index is 2.36. The Hall–Kier alpha value is -1.43.